The summed E-state index contributed by atoms with van der Waals surface area (Å²) in [6.07, 6.45) is 17.4. The Balaban J connectivity index is 1.28. The summed E-state index contributed by atoms with van der Waals surface area (Å²) < 4.78 is 1.03. The first kappa shape index (κ1) is 27.1. The average Bonchev–Trinajstić information content (AvgIpc) is 3.42. The van der Waals surface area contributed by atoms with Crippen molar-refractivity contribution in [1.29, 1.82) is 0 Å². The van der Waals surface area contributed by atoms with E-state index in [1.807, 2.05) is 42.6 Å². The van der Waals surface area contributed by atoms with Gasteiger partial charge in [0.15, 0.2) is 0 Å². The molecule has 0 amide bonds. The highest BCUT2D eigenvalue weighted by atomic mass is 15.4. The summed E-state index contributed by atoms with van der Waals surface area (Å²) >= 11 is 0. The molecule has 3 atom stereocenters. The van der Waals surface area contributed by atoms with Crippen LogP contribution in [0.2, 0.25) is 0 Å². The Morgan fingerprint density at radius 2 is 1.63 bits per heavy atom. The van der Waals surface area contributed by atoms with Gasteiger partial charge in [-0.05, 0) is 99.4 Å². The van der Waals surface area contributed by atoms with E-state index in [9.17, 15) is 0 Å². The SMILES string of the molecule is C=C/C=C(/c1cccc(C(=C/C=Nc2ccccc2)/C=C(\C)C2CC3C=C[N+]32C)c1)c1cccc2c1Cc1ccccc1-2. The Labute approximate surface area is 255 Å². The van der Waals surface area contributed by atoms with Crippen LogP contribution in [0.4, 0.5) is 5.69 Å². The van der Waals surface area contributed by atoms with Crippen LogP contribution in [-0.2, 0) is 6.42 Å². The number of likely N-dealkylation sites (N-methyl/N-ethyl adjacent to an activating group) is 1. The number of quaternary nitrogens is 1. The molecule has 0 radical (unpaired) electrons. The third-order valence-electron chi connectivity index (χ3n) is 9.56. The minimum Gasteiger partial charge on any atom is -0.288 e. The Morgan fingerprint density at radius 1 is 0.860 bits per heavy atom. The molecule has 0 saturated carbocycles. The van der Waals surface area contributed by atoms with Crippen molar-refractivity contribution in [1.82, 2.24) is 0 Å². The number of fused-ring (bicyclic) bond motifs is 4. The van der Waals surface area contributed by atoms with Crippen LogP contribution >= 0.6 is 0 Å². The van der Waals surface area contributed by atoms with Crippen LogP contribution < -0.4 is 0 Å². The maximum absolute atomic E-state index is 4.73. The third-order valence-corrected chi connectivity index (χ3v) is 9.56. The minimum absolute atomic E-state index is 0.525. The van der Waals surface area contributed by atoms with Gasteiger partial charge in [0, 0.05) is 12.3 Å². The van der Waals surface area contributed by atoms with E-state index in [-0.39, 0.29) is 0 Å². The van der Waals surface area contributed by atoms with Crippen molar-refractivity contribution in [2.45, 2.75) is 31.8 Å². The topological polar surface area (TPSA) is 12.4 Å². The predicted octanol–water partition coefficient (Wildman–Crippen LogP) is 9.72. The molecule has 0 spiro atoms. The zero-order chi connectivity index (χ0) is 29.4. The summed E-state index contributed by atoms with van der Waals surface area (Å²) in [5.74, 6) is 0. The lowest BCUT2D eigenvalue weighted by atomic mass is 9.79. The number of aliphatic imine (C=N–C) groups is 1. The molecule has 3 unspecified atom stereocenters. The monoisotopic (exact) mass is 557 g/mol. The lowest BCUT2D eigenvalue weighted by molar-refractivity contribution is -0.958. The second kappa shape index (κ2) is 11.1. The van der Waals surface area contributed by atoms with Gasteiger partial charge in [-0.3, -0.25) is 9.48 Å². The molecule has 1 saturated heterocycles. The first-order valence-corrected chi connectivity index (χ1v) is 15.2. The maximum Gasteiger partial charge on any atom is 0.124 e. The second-order valence-corrected chi connectivity index (χ2v) is 12.1. The highest BCUT2D eigenvalue weighted by molar-refractivity contribution is 5.93. The average molecular weight is 558 g/mol. The second-order valence-electron chi connectivity index (χ2n) is 12.1. The van der Waals surface area contributed by atoms with Crippen molar-refractivity contribution in [3.8, 4) is 11.1 Å². The predicted molar refractivity (Wildman–Crippen MR) is 182 cm³/mol. The Morgan fingerprint density at radius 3 is 2.40 bits per heavy atom. The number of para-hydroxylation sites is 1. The van der Waals surface area contributed by atoms with Gasteiger partial charge in [0.05, 0.1) is 25.4 Å². The molecule has 2 nitrogen and oxygen atoms in total. The molecule has 4 aromatic carbocycles. The first-order valence-electron chi connectivity index (χ1n) is 15.2. The summed E-state index contributed by atoms with van der Waals surface area (Å²) in [7, 11) is 2.35. The van der Waals surface area contributed by atoms with Crippen molar-refractivity contribution in [3.63, 3.8) is 0 Å². The fraction of sp³-hybridized carbons (Fsp3) is 0.146. The van der Waals surface area contributed by atoms with E-state index in [2.05, 4.69) is 118 Å². The number of rotatable bonds is 8. The number of hydrogen-bond donors (Lipinski definition) is 0. The molecular formula is C41H37N2+. The van der Waals surface area contributed by atoms with Crippen LogP contribution in [0.5, 0.6) is 0 Å². The molecule has 2 heterocycles. The van der Waals surface area contributed by atoms with Crippen LogP contribution in [-0.4, -0.2) is 29.8 Å². The highest BCUT2D eigenvalue weighted by Crippen LogP contribution is 2.45. The Bertz CT molecular complexity index is 1870. The van der Waals surface area contributed by atoms with E-state index in [4.69, 9.17) is 4.99 Å². The first-order chi connectivity index (χ1) is 21.0. The molecule has 43 heavy (non-hydrogen) atoms. The maximum atomic E-state index is 4.73. The Kier molecular flexibility index (Phi) is 7.01. The van der Waals surface area contributed by atoms with Crippen molar-refractivity contribution in [2.24, 2.45) is 4.99 Å². The zero-order valence-electron chi connectivity index (χ0n) is 24.9. The van der Waals surface area contributed by atoms with E-state index >= 15 is 0 Å². The van der Waals surface area contributed by atoms with Crippen LogP contribution in [0.3, 0.4) is 0 Å². The molecule has 0 N–H and O–H groups in total. The summed E-state index contributed by atoms with van der Waals surface area (Å²) in [4.78, 5) is 4.73. The molecular weight excluding hydrogens is 520 g/mol. The molecule has 4 aromatic rings. The molecule has 210 valence electrons. The molecule has 2 heteroatoms. The Hall–Kier alpha value is -4.79. The summed E-state index contributed by atoms with van der Waals surface area (Å²) in [5.41, 5.74) is 13.8. The lowest BCUT2D eigenvalue weighted by Crippen LogP contribution is -2.70. The van der Waals surface area contributed by atoms with Gasteiger partial charge in [0.25, 0.3) is 0 Å². The van der Waals surface area contributed by atoms with Gasteiger partial charge in [-0.25, -0.2) is 0 Å². The smallest absolute Gasteiger partial charge is 0.124 e. The van der Waals surface area contributed by atoms with Gasteiger partial charge in [-0.2, -0.15) is 0 Å². The normalized spacial score (nSPS) is 22.4. The quantitative estimate of drug-likeness (QED) is 0.102. The molecule has 1 fully saturated rings. The molecule has 0 bridgehead atoms. The van der Waals surface area contributed by atoms with Gasteiger partial charge < -0.3 is 0 Å². The molecule has 2 aliphatic heterocycles. The fourth-order valence-corrected chi connectivity index (χ4v) is 7.08. The number of allylic oxidation sites excluding steroid dienone is 5. The summed E-state index contributed by atoms with van der Waals surface area (Å²) in [6.45, 7) is 6.38. The van der Waals surface area contributed by atoms with Gasteiger partial charge in [-0.1, -0.05) is 97.6 Å². The lowest BCUT2D eigenvalue weighted by Gasteiger charge is -2.58. The standard InChI is InChI=1S/C41H37N2/c1-4-12-36(38-19-11-20-39-37-18-9-8-13-33(37)27-40(38)39)32-15-10-14-30(26-32)31(21-23-42-34-16-6-5-7-17-34)25-29(2)41-28-35-22-24-43(35,41)3/h4-26,35,41H,1,27-28H2,2-3H3/q+1/b29-25+,31-21+,36-12-,42-23?. The van der Waals surface area contributed by atoms with Gasteiger partial charge in [0.1, 0.15) is 12.1 Å². The molecule has 0 aromatic heterocycles. The third kappa shape index (κ3) is 4.88. The van der Waals surface area contributed by atoms with Gasteiger partial charge >= 0.3 is 0 Å². The zero-order valence-corrected chi connectivity index (χ0v) is 24.9. The number of nitrogens with zero attached hydrogens (tertiary/aromatic N) is 2. The van der Waals surface area contributed by atoms with E-state index in [1.54, 1.807) is 0 Å². The van der Waals surface area contributed by atoms with E-state index in [0.717, 1.165) is 16.6 Å². The van der Waals surface area contributed by atoms with Crippen molar-refractivity contribution >= 4 is 23.0 Å². The largest absolute Gasteiger partial charge is 0.288 e. The molecule has 3 aliphatic rings. The van der Waals surface area contributed by atoms with Crippen LogP contribution in [0.1, 0.15) is 41.2 Å². The van der Waals surface area contributed by atoms with Gasteiger partial charge in [-0.15, -0.1) is 0 Å². The van der Waals surface area contributed by atoms with E-state index in [1.165, 1.54) is 62.1 Å². The minimum atomic E-state index is 0.525. The molecule has 1 aliphatic carbocycles. The van der Waals surface area contributed by atoms with Crippen LogP contribution in [0, 0.1) is 0 Å². The highest BCUT2D eigenvalue weighted by Gasteiger charge is 2.55. The summed E-state index contributed by atoms with van der Waals surface area (Å²) in [6, 6.07) is 35.8. The van der Waals surface area contributed by atoms with Crippen LogP contribution in [0.15, 0.2) is 151 Å². The van der Waals surface area contributed by atoms with E-state index < -0.39 is 0 Å². The summed E-state index contributed by atoms with van der Waals surface area (Å²) in [5, 5.41) is 0. The fourth-order valence-electron chi connectivity index (χ4n) is 7.08. The van der Waals surface area contributed by atoms with Crippen LogP contribution in [0.25, 0.3) is 22.3 Å². The van der Waals surface area contributed by atoms with Crippen molar-refractivity contribution in [2.75, 3.05) is 7.05 Å². The van der Waals surface area contributed by atoms with Crippen molar-refractivity contribution in [3.05, 3.63) is 174 Å². The number of hydrogen-bond acceptors (Lipinski definition) is 1. The molecule has 7 rings (SSSR count). The van der Waals surface area contributed by atoms with E-state index in [0.29, 0.717) is 12.1 Å². The van der Waals surface area contributed by atoms with Crippen molar-refractivity contribution < 1.29 is 4.48 Å². The van der Waals surface area contributed by atoms with Gasteiger partial charge in [0.2, 0.25) is 0 Å². The number of benzene rings is 4.